The molecule has 0 saturated heterocycles. The molecular weight excluding hydrogens is 264 g/mol. The predicted molar refractivity (Wildman–Crippen MR) is 75.7 cm³/mol. The van der Waals surface area contributed by atoms with Crippen LogP contribution < -0.4 is 10.3 Å². The van der Waals surface area contributed by atoms with Crippen LogP contribution in [0.15, 0.2) is 29.7 Å². The van der Waals surface area contributed by atoms with Crippen LogP contribution in [-0.2, 0) is 17.1 Å². The van der Waals surface area contributed by atoms with Crippen LogP contribution in [0.1, 0.15) is 24.8 Å². The molecule has 104 valence electrons. The van der Waals surface area contributed by atoms with Crippen molar-refractivity contribution in [1.29, 1.82) is 0 Å². The Morgan fingerprint density at radius 2 is 2.16 bits per heavy atom. The van der Waals surface area contributed by atoms with Crippen molar-refractivity contribution < 1.29 is 8.42 Å². The monoisotopic (exact) mass is 282 g/mol. The highest BCUT2D eigenvalue weighted by Crippen LogP contribution is 2.47. The molecule has 1 saturated carbocycles. The van der Waals surface area contributed by atoms with Gasteiger partial charge >= 0.3 is 0 Å². The van der Waals surface area contributed by atoms with Gasteiger partial charge in [-0.25, -0.2) is 8.42 Å². The van der Waals surface area contributed by atoms with Gasteiger partial charge in [0.25, 0.3) is 5.56 Å². The average Bonchev–Trinajstić information content (AvgIpc) is 3.07. The Kier molecular flexibility index (Phi) is 3.30. The minimum atomic E-state index is -3.45. The molecular formula is C13H18N2O3S. The molecule has 1 aromatic heterocycles. The fourth-order valence-electron chi connectivity index (χ4n) is 2.18. The normalized spacial score (nSPS) is 16.9. The predicted octanol–water partition coefficient (Wildman–Crippen LogP) is 1.54. The van der Waals surface area contributed by atoms with Crippen LogP contribution in [0.5, 0.6) is 0 Å². The fraction of sp³-hybridized carbons (Fsp3) is 0.462. The number of aromatic nitrogens is 1. The molecule has 6 heteroatoms. The second-order valence-corrected chi connectivity index (χ2v) is 7.19. The zero-order valence-electron chi connectivity index (χ0n) is 11.1. The maximum atomic E-state index is 12.3. The molecule has 0 amide bonds. The lowest BCUT2D eigenvalue weighted by atomic mass is 10.3. The first kappa shape index (κ1) is 13.9. The van der Waals surface area contributed by atoms with E-state index in [0.29, 0.717) is 30.5 Å². The summed E-state index contributed by atoms with van der Waals surface area (Å²) in [6, 6.07) is 1.56. The van der Waals surface area contributed by atoms with E-state index in [1.165, 1.54) is 10.8 Å². The van der Waals surface area contributed by atoms with Crippen LogP contribution >= 0.6 is 0 Å². The molecule has 0 aromatic carbocycles. The molecule has 5 nitrogen and oxygen atoms in total. The third-order valence-corrected chi connectivity index (χ3v) is 5.73. The lowest BCUT2D eigenvalue weighted by Gasteiger charge is -2.16. The smallest absolute Gasteiger partial charge is 0.253 e. The number of allylic oxidation sites excluding steroid dienone is 1. The Morgan fingerprint density at radius 1 is 1.53 bits per heavy atom. The largest absolute Gasteiger partial charge is 0.316 e. The number of hydrogen-bond acceptors (Lipinski definition) is 3. The molecule has 1 fully saturated rings. The molecule has 2 rings (SSSR count). The highest BCUT2D eigenvalue weighted by atomic mass is 32.2. The summed E-state index contributed by atoms with van der Waals surface area (Å²) in [6.07, 6.45) is 4.89. The Balaban J connectivity index is 2.31. The summed E-state index contributed by atoms with van der Waals surface area (Å²) in [4.78, 5) is 11.6. The van der Waals surface area contributed by atoms with E-state index in [2.05, 4.69) is 11.3 Å². The molecule has 1 heterocycles. The van der Waals surface area contributed by atoms with Crippen LogP contribution in [0.25, 0.3) is 0 Å². The number of sulfonamides is 1. The van der Waals surface area contributed by atoms with E-state index in [9.17, 15) is 13.2 Å². The van der Waals surface area contributed by atoms with Crippen molar-refractivity contribution in [3.05, 3.63) is 40.8 Å². The highest BCUT2D eigenvalue weighted by Gasteiger charge is 2.53. The first-order valence-corrected chi connectivity index (χ1v) is 7.60. The van der Waals surface area contributed by atoms with Crippen molar-refractivity contribution in [2.75, 3.05) is 4.72 Å². The van der Waals surface area contributed by atoms with Crippen molar-refractivity contribution >= 4 is 15.7 Å². The SMILES string of the molecule is C=CCC1(S(=O)(=O)Nc2cc(C)c(=O)n(C)c2)CC1. The van der Waals surface area contributed by atoms with Crippen molar-refractivity contribution in [3.8, 4) is 0 Å². The van der Waals surface area contributed by atoms with Crippen LogP contribution in [0.2, 0.25) is 0 Å². The number of nitrogens with one attached hydrogen (secondary N) is 1. The first-order valence-electron chi connectivity index (χ1n) is 6.12. The van der Waals surface area contributed by atoms with Gasteiger partial charge in [0.1, 0.15) is 0 Å². The van der Waals surface area contributed by atoms with Gasteiger partial charge in [0.2, 0.25) is 10.0 Å². The van der Waals surface area contributed by atoms with E-state index in [1.54, 1.807) is 26.1 Å². The standard InChI is InChI=1S/C13H18N2O3S/c1-4-5-13(6-7-13)19(17,18)14-11-8-10(2)12(16)15(3)9-11/h4,8-9,14H,1,5-7H2,2-3H3. The maximum absolute atomic E-state index is 12.3. The topological polar surface area (TPSA) is 68.2 Å². The highest BCUT2D eigenvalue weighted by molar-refractivity contribution is 7.94. The van der Waals surface area contributed by atoms with E-state index >= 15 is 0 Å². The van der Waals surface area contributed by atoms with Gasteiger partial charge in [0.15, 0.2) is 0 Å². The van der Waals surface area contributed by atoms with Gasteiger partial charge in [-0.2, -0.15) is 0 Å². The number of hydrogen-bond donors (Lipinski definition) is 1. The Morgan fingerprint density at radius 3 is 2.63 bits per heavy atom. The lowest BCUT2D eigenvalue weighted by molar-refractivity contribution is 0.582. The Labute approximate surface area is 113 Å². The number of nitrogens with zero attached hydrogens (tertiary/aromatic N) is 1. The lowest BCUT2D eigenvalue weighted by Crippen LogP contribution is -2.30. The van der Waals surface area contributed by atoms with Gasteiger partial charge in [-0.15, -0.1) is 6.58 Å². The molecule has 1 N–H and O–H groups in total. The molecule has 0 spiro atoms. The maximum Gasteiger partial charge on any atom is 0.253 e. The van der Waals surface area contributed by atoms with E-state index in [-0.39, 0.29) is 5.56 Å². The quantitative estimate of drug-likeness (QED) is 0.833. The summed E-state index contributed by atoms with van der Waals surface area (Å²) in [7, 11) is -1.85. The van der Waals surface area contributed by atoms with Crippen molar-refractivity contribution in [2.24, 2.45) is 7.05 Å². The molecule has 0 aliphatic heterocycles. The Hall–Kier alpha value is -1.56. The van der Waals surface area contributed by atoms with Gasteiger partial charge < -0.3 is 4.57 Å². The van der Waals surface area contributed by atoms with E-state index in [1.807, 2.05) is 0 Å². The van der Waals surface area contributed by atoms with Gasteiger partial charge in [-0.1, -0.05) is 6.08 Å². The van der Waals surface area contributed by atoms with Gasteiger partial charge in [0, 0.05) is 18.8 Å². The van der Waals surface area contributed by atoms with Crippen LogP contribution in [-0.4, -0.2) is 17.7 Å². The summed E-state index contributed by atoms with van der Waals surface area (Å²) >= 11 is 0. The summed E-state index contributed by atoms with van der Waals surface area (Å²) in [6.45, 7) is 5.27. The van der Waals surface area contributed by atoms with Gasteiger partial charge in [-0.3, -0.25) is 9.52 Å². The van der Waals surface area contributed by atoms with Gasteiger partial charge in [0.05, 0.1) is 10.4 Å². The molecule has 1 aliphatic rings. The average molecular weight is 282 g/mol. The second kappa shape index (κ2) is 4.52. The molecule has 0 atom stereocenters. The summed E-state index contributed by atoms with van der Waals surface area (Å²) < 4.78 is 27.9. The molecule has 1 aromatic rings. The molecule has 0 bridgehead atoms. The third-order valence-electron chi connectivity index (χ3n) is 3.51. The van der Waals surface area contributed by atoms with Crippen molar-refractivity contribution in [2.45, 2.75) is 30.9 Å². The van der Waals surface area contributed by atoms with Crippen molar-refractivity contribution in [3.63, 3.8) is 0 Å². The number of pyridine rings is 1. The number of aryl methyl sites for hydroxylation is 2. The van der Waals surface area contributed by atoms with Crippen LogP contribution in [0.4, 0.5) is 5.69 Å². The van der Waals surface area contributed by atoms with E-state index in [4.69, 9.17) is 0 Å². The minimum absolute atomic E-state index is 0.129. The van der Waals surface area contributed by atoms with E-state index < -0.39 is 14.8 Å². The number of rotatable bonds is 5. The fourth-order valence-corrected chi connectivity index (χ4v) is 3.80. The first-order chi connectivity index (χ1) is 8.81. The summed E-state index contributed by atoms with van der Waals surface area (Å²) in [5.74, 6) is 0. The minimum Gasteiger partial charge on any atom is -0.316 e. The molecule has 0 radical (unpaired) electrons. The van der Waals surface area contributed by atoms with Gasteiger partial charge in [-0.05, 0) is 32.3 Å². The molecule has 19 heavy (non-hydrogen) atoms. The Bertz CT molecular complexity index is 643. The van der Waals surface area contributed by atoms with Crippen molar-refractivity contribution in [1.82, 2.24) is 4.57 Å². The van der Waals surface area contributed by atoms with E-state index in [0.717, 1.165) is 0 Å². The summed E-state index contributed by atoms with van der Waals surface area (Å²) in [5.41, 5.74) is 0.807. The molecule has 1 aliphatic carbocycles. The van der Waals surface area contributed by atoms with Crippen LogP contribution in [0, 0.1) is 6.92 Å². The number of anilines is 1. The zero-order chi connectivity index (χ0) is 14.3. The third kappa shape index (κ3) is 2.45. The molecule has 0 unspecified atom stereocenters. The summed E-state index contributed by atoms with van der Waals surface area (Å²) in [5, 5.41) is 0. The second-order valence-electron chi connectivity index (χ2n) is 5.11. The zero-order valence-corrected chi connectivity index (χ0v) is 12.0. The van der Waals surface area contributed by atoms with Crippen LogP contribution in [0.3, 0.4) is 0 Å².